The first-order valence-electron chi connectivity index (χ1n) is 10.1. The summed E-state index contributed by atoms with van der Waals surface area (Å²) < 4.78 is 10.9. The number of H-pyrrole nitrogens is 1. The van der Waals surface area contributed by atoms with Crippen LogP contribution in [-0.4, -0.2) is 36.1 Å². The molecule has 1 aliphatic carbocycles. The van der Waals surface area contributed by atoms with Crippen LogP contribution in [0.3, 0.4) is 0 Å². The van der Waals surface area contributed by atoms with E-state index < -0.39 is 0 Å². The molecule has 2 aromatic rings. The average Bonchev–Trinajstić information content (AvgIpc) is 3.24. The largest absolute Gasteiger partial charge is 0.497 e. The summed E-state index contributed by atoms with van der Waals surface area (Å²) in [7, 11) is 3.23. The molecule has 1 aliphatic rings. The second kappa shape index (κ2) is 8.72. The van der Waals surface area contributed by atoms with Crippen molar-refractivity contribution >= 4 is 5.91 Å². The molecule has 0 unspecified atom stereocenters. The van der Waals surface area contributed by atoms with Gasteiger partial charge in [0, 0.05) is 17.3 Å². The minimum atomic E-state index is -0.323. The summed E-state index contributed by atoms with van der Waals surface area (Å²) >= 11 is 0. The minimum Gasteiger partial charge on any atom is -0.497 e. The lowest BCUT2D eigenvalue weighted by molar-refractivity contribution is 0.0660. The third-order valence-electron chi connectivity index (χ3n) is 6.10. The van der Waals surface area contributed by atoms with E-state index in [1.54, 1.807) is 14.2 Å². The number of rotatable bonds is 6. The predicted molar refractivity (Wildman–Crippen MR) is 113 cm³/mol. The molecule has 0 aliphatic heterocycles. The maximum Gasteiger partial charge on any atom is 0.261 e. The van der Waals surface area contributed by atoms with Crippen LogP contribution in [0, 0.1) is 20.8 Å². The van der Waals surface area contributed by atoms with E-state index in [1.165, 1.54) is 0 Å². The van der Waals surface area contributed by atoms with Crippen molar-refractivity contribution in [3.05, 3.63) is 56.5 Å². The highest BCUT2D eigenvalue weighted by molar-refractivity contribution is 5.96. The number of benzene rings is 1. The van der Waals surface area contributed by atoms with Crippen molar-refractivity contribution in [3.63, 3.8) is 0 Å². The molecule has 1 N–H and O–H groups in total. The number of methoxy groups -OCH3 is 2. The van der Waals surface area contributed by atoms with Crippen molar-refractivity contribution in [2.24, 2.45) is 0 Å². The molecule has 6 nitrogen and oxygen atoms in total. The van der Waals surface area contributed by atoms with Gasteiger partial charge >= 0.3 is 0 Å². The number of ether oxygens (including phenoxy) is 2. The molecule has 156 valence electrons. The quantitative estimate of drug-likeness (QED) is 0.801. The molecule has 1 aromatic carbocycles. The van der Waals surface area contributed by atoms with Crippen LogP contribution >= 0.6 is 0 Å². The summed E-state index contributed by atoms with van der Waals surface area (Å²) in [5.41, 5.74) is 3.27. The zero-order valence-electron chi connectivity index (χ0n) is 17.9. The van der Waals surface area contributed by atoms with Crippen LogP contribution < -0.4 is 15.0 Å². The first kappa shape index (κ1) is 21.0. The topological polar surface area (TPSA) is 71.6 Å². The average molecular weight is 399 g/mol. The SMILES string of the molecule is COc1ccc(OC)c(CN(C(=O)c2c(C)c(C)c(C)[nH]c2=O)C2CCCC2)c1. The molecular formula is C23H30N2O4. The lowest BCUT2D eigenvalue weighted by atomic mass is 10.0. The molecule has 1 amide bonds. The Hall–Kier alpha value is -2.76. The van der Waals surface area contributed by atoms with Crippen molar-refractivity contribution in [1.29, 1.82) is 0 Å². The number of nitrogens with zero attached hydrogens (tertiary/aromatic N) is 1. The van der Waals surface area contributed by atoms with Gasteiger partial charge in [-0.05, 0) is 62.9 Å². The van der Waals surface area contributed by atoms with Gasteiger partial charge in [0.25, 0.3) is 11.5 Å². The third kappa shape index (κ3) is 4.16. The summed E-state index contributed by atoms with van der Waals surface area (Å²) in [5.74, 6) is 1.19. The number of carbonyl (C=O) groups is 1. The van der Waals surface area contributed by atoms with E-state index in [-0.39, 0.29) is 23.1 Å². The van der Waals surface area contributed by atoms with Crippen LogP contribution in [0.4, 0.5) is 0 Å². The Balaban J connectivity index is 2.05. The number of aromatic amines is 1. The predicted octanol–water partition coefficient (Wildman–Crippen LogP) is 3.90. The van der Waals surface area contributed by atoms with Gasteiger partial charge in [-0.1, -0.05) is 12.8 Å². The summed E-state index contributed by atoms with van der Waals surface area (Å²) in [6, 6.07) is 5.69. The van der Waals surface area contributed by atoms with Crippen molar-refractivity contribution < 1.29 is 14.3 Å². The number of aryl methyl sites for hydroxylation is 1. The number of carbonyl (C=O) groups excluding carboxylic acids is 1. The van der Waals surface area contributed by atoms with Gasteiger partial charge in [-0.2, -0.15) is 0 Å². The normalized spacial score (nSPS) is 14.1. The number of hydrogen-bond acceptors (Lipinski definition) is 4. The van der Waals surface area contributed by atoms with Crippen LogP contribution in [0.15, 0.2) is 23.0 Å². The molecule has 1 fully saturated rings. The fourth-order valence-corrected chi connectivity index (χ4v) is 4.14. The van der Waals surface area contributed by atoms with E-state index >= 15 is 0 Å². The molecule has 1 saturated carbocycles. The van der Waals surface area contributed by atoms with E-state index in [0.29, 0.717) is 18.0 Å². The highest BCUT2D eigenvalue weighted by Gasteiger charge is 2.31. The van der Waals surface area contributed by atoms with E-state index in [0.717, 1.165) is 48.1 Å². The number of amides is 1. The van der Waals surface area contributed by atoms with Gasteiger partial charge in [0.15, 0.2) is 0 Å². The van der Waals surface area contributed by atoms with Crippen LogP contribution in [0.25, 0.3) is 0 Å². The number of nitrogens with one attached hydrogen (secondary N) is 1. The molecule has 0 saturated heterocycles. The molecule has 0 bridgehead atoms. The number of aromatic nitrogens is 1. The Labute approximate surface area is 171 Å². The van der Waals surface area contributed by atoms with Crippen LogP contribution in [-0.2, 0) is 6.54 Å². The first-order chi connectivity index (χ1) is 13.9. The van der Waals surface area contributed by atoms with Gasteiger partial charge in [0.1, 0.15) is 17.1 Å². The lowest BCUT2D eigenvalue weighted by Crippen LogP contribution is -2.41. The first-order valence-corrected chi connectivity index (χ1v) is 10.1. The van der Waals surface area contributed by atoms with Crippen molar-refractivity contribution in [2.45, 2.75) is 59.0 Å². The number of pyridine rings is 1. The Bertz CT molecular complexity index is 958. The molecular weight excluding hydrogens is 368 g/mol. The molecule has 1 heterocycles. The zero-order valence-corrected chi connectivity index (χ0v) is 17.9. The van der Waals surface area contributed by atoms with Crippen molar-refractivity contribution in [1.82, 2.24) is 9.88 Å². The highest BCUT2D eigenvalue weighted by Crippen LogP contribution is 2.31. The smallest absolute Gasteiger partial charge is 0.261 e. The van der Waals surface area contributed by atoms with E-state index in [4.69, 9.17) is 9.47 Å². The summed E-state index contributed by atoms with van der Waals surface area (Å²) in [5, 5.41) is 0. The van der Waals surface area contributed by atoms with Gasteiger partial charge < -0.3 is 19.4 Å². The Morgan fingerprint density at radius 2 is 1.79 bits per heavy atom. The lowest BCUT2D eigenvalue weighted by Gasteiger charge is -2.30. The van der Waals surface area contributed by atoms with E-state index in [1.807, 2.05) is 43.9 Å². The van der Waals surface area contributed by atoms with Gasteiger partial charge in [-0.15, -0.1) is 0 Å². The third-order valence-corrected chi connectivity index (χ3v) is 6.10. The van der Waals surface area contributed by atoms with E-state index in [2.05, 4.69) is 4.98 Å². The molecule has 0 radical (unpaired) electrons. The van der Waals surface area contributed by atoms with Crippen molar-refractivity contribution in [2.75, 3.05) is 14.2 Å². The maximum atomic E-state index is 13.6. The van der Waals surface area contributed by atoms with Crippen molar-refractivity contribution in [3.8, 4) is 11.5 Å². The fraction of sp³-hybridized carbons (Fsp3) is 0.478. The van der Waals surface area contributed by atoms with Gasteiger partial charge in [0.2, 0.25) is 0 Å². The maximum absolute atomic E-state index is 13.6. The minimum absolute atomic E-state index is 0.110. The van der Waals surface area contributed by atoms with Crippen LogP contribution in [0.5, 0.6) is 11.5 Å². The molecule has 0 spiro atoms. The molecule has 1 aromatic heterocycles. The Kier molecular flexibility index (Phi) is 6.30. The highest BCUT2D eigenvalue weighted by atomic mass is 16.5. The van der Waals surface area contributed by atoms with E-state index in [9.17, 15) is 9.59 Å². The molecule has 6 heteroatoms. The standard InChI is InChI=1S/C23H30N2O4/c1-14-15(2)21(22(26)24-16(14)3)23(27)25(18-8-6-7-9-18)13-17-12-19(28-4)10-11-20(17)29-5/h10-12,18H,6-9,13H2,1-5H3,(H,24,26). The number of hydrogen-bond donors (Lipinski definition) is 1. The summed E-state index contributed by atoms with van der Waals surface area (Å²) in [4.78, 5) is 31.0. The molecule has 0 atom stereocenters. The van der Waals surface area contributed by atoms with Crippen LogP contribution in [0.1, 0.15) is 58.4 Å². The summed E-state index contributed by atoms with van der Waals surface area (Å²) in [6.45, 7) is 6.01. The zero-order chi connectivity index (χ0) is 21.1. The molecule has 3 rings (SSSR count). The second-order valence-corrected chi connectivity index (χ2v) is 7.75. The van der Waals surface area contributed by atoms with Gasteiger partial charge in [-0.3, -0.25) is 9.59 Å². The molecule has 29 heavy (non-hydrogen) atoms. The van der Waals surface area contributed by atoms with Gasteiger partial charge in [-0.25, -0.2) is 0 Å². The fourth-order valence-electron chi connectivity index (χ4n) is 4.14. The van der Waals surface area contributed by atoms with Gasteiger partial charge in [0.05, 0.1) is 20.8 Å². The Morgan fingerprint density at radius 1 is 1.10 bits per heavy atom. The monoisotopic (exact) mass is 398 g/mol. The second-order valence-electron chi connectivity index (χ2n) is 7.75. The Morgan fingerprint density at radius 3 is 2.41 bits per heavy atom. The summed E-state index contributed by atoms with van der Waals surface area (Å²) in [6.07, 6.45) is 4.07. The van der Waals surface area contributed by atoms with Crippen LogP contribution in [0.2, 0.25) is 0 Å².